The Kier molecular flexibility index (Phi) is 4.85. The van der Waals surface area contributed by atoms with Gasteiger partial charge in [-0.15, -0.1) is 0 Å². The Labute approximate surface area is 171 Å². The number of rotatable bonds is 4. The van der Waals surface area contributed by atoms with Crippen LogP contribution >= 0.6 is 15.9 Å². The number of fused-ring (bicyclic) bond motifs is 1. The number of imidazole rings is 1. The van der Waals surface area contributed by atoms with Crippen molar-refractivity contribution in [2.75, 3.05) is 11.9 Å². The predicted octanol–water partition coefficient (Wildman–Crippen LogP) is 5.33. The average Bonchev–Trinajstić information content (AvgIpc) is 3.05. The Morgan fingerprint density at radius 1 is 1.18 bits per heavy atom. The fourth-order valence-corrected chi connectivity index (χ4v) is 3.65. The highest BCUT2D eigenvalue weighted by Crippen LogP contribution is 2.30. The molecule has 3 heterocycles. The molecule has 0 aliphatic rings. The molecule has 7 heteroatoms. The fourth-order valence-electron chi connectivity index (χ4n) is 3.34. The highest BCUT2D eigenvalue weighted by Gasteiger charge is 2.18. The van der Waals surface area contributed by atoms with Crippen LogP contribution in [-0.4, -0.2) is 26.4 Å². The van der Waals surface area contributed by atoms with Crippen molar-refractivity contribution in [2.45, 2.75) is 20.3 Å². The van der Waals surface area contributed by atoms with E-state index in [0.29, 0.717) is 0 Å². The lowest BCUT2D eigenvalue weighted by atomic mass is 10.1. The van der Waals surface area contributed by atoms with Gasteiger partial charge in [0.1, 0.15) is 22.1 Å². The summed E-state index contributed by atoms with van der Waals surface area (Å²) in [5, 5.41) is 0. The lowest BCUT2D eigenvalue weighted by Crippen LogP contribution is -2.15. The highest BCUT2D eigenvalue weighted by molar-refractivity contribution is 9.10. The smallest absolute Gasteiger partial charge is 0.157 e. The number of nitrogens with zero attached hydrogens (tertiary/aromatic N) is 5. The van der Waals surface area contributed by atoms with E-state index in [4.69, 9.17) is 9.97 Å². The predicted molar refractivity (Wildman–Crippen MR) is 112 cm³/mol. The van der Waals surface area contributed by atoms with Crippen LogP contribution in [0.25, 0.3) is 16.9 Å². The summed E-state index contributed by atoms with van der Waals surface area (Å²) in [4.78, 5) is 15.8. The van der Waals surface area contributed by atoms with Crippen LogP contribution in [0.2, 0.25) is 0 Å². The van der Waals surface area contributed by atoms with Crippen LogP contribution in [0.15, 0.2) is 53.4 Å². The molecule has 0 unspecified atom stereocenters. The largest absolute Gasteiger partial charge is 0.314 e. The Balaban J connectivity index is 1.82. The van der Waals surface area contributed by atoms with Crippen molar-refractivity contribution < 1.29 is 4.39 Å². The molecule has 0 saturated carbocycles. The van der Waals surface area contributed by atoms with Crippen LogP contribution in [0.3, 0.4) is 0 Å². The second-order valence-electron chi connectivity index (χ2n) is 6.57. The molecule has 28 heavy (non-hydrogen) atoms. The van der Waals surface area contributed by atoms with E-state index in [1.54, 1.807) is 12.3 Å². The number of pyridine rings is 1. The van der Waals surface area contributed by atoms with Gasteiger partial charge in [-0.1, -0.05) is 13.0 Å². The lowest BCUT2D eigenvalue weighted by Gasteiger charge is -2.20. The zero-order valence-electron chi connectivity index (χ0n) is 15.8. The molecular formula is C21H19BrFN5. The standard InChI is InChI=1S/C21H19BrFN5/c1-4-16-21(28-12-18(22)24-11-20(28)25-16)27(3)19-7-5-6-17(26-19)15-9-8-14(23)10-13(15)2/h5-12H,4H2,1-3H3. The summed E-state index contributed by atoms with van der Waals surface area (Å²) in [7, 11) is 1.97. The first-order chi connectivity index (χ1) is 13.5. The normalized spacial score (nSPS) is 11.2. The molecule has 4 rings (SSSR count). The summed E-state index contributed by atoms with van der Waals surface area (Å²) in [5.41, 5.74) is 4.32. The van der Waals surface area contributed by atoms with Crippen molar-refractivity contribution in [1.29, 1.82) is 0 Å². The van der Waals surface area contributed by atoms with Gasteiger partial charge in [0.15, 0.2) is 5.65 Å². The lowest BCUT2D eigenvalue weighted by molar-refractivity contribution is 0.627. The summed E-state index contributed by atoms with van der Waals surface area (Å²) in [6.45, 7) is 3.97. The minimum Gasteiger partial charge on any atom is -0.314 e. The van der Waals surface area contributed by atoms with Gasteiger partial charge in [0.25, 0.3) is 0 Å². The van der Waals surface area contributed by atoms with E-state index in [1.165, 1.54) is 12.1 Å². The molecule has 0 bridgehead atoms. The van der Waals surface area contributed by atoms with E-state index in [2.05, 4.69) is 27.8 Å². The molecule has 0 aliphatic heterocycles. The molecule has 1 aromatic carbocycles. The second kappa shape index (κ2) is 7.31. The van der Waals surface area contributed by atoms with Crippen LogP contribution in [0, 0.1) is 12.7 Å². The molecule has 5 nitrogen and oxygen atoms in total. The number of aryl methyl sites for hydroxylation is 2. The van der Waals surface area contributed by atoms with E-state index in [9.17, 15) is 4.39 Å². The van der Waals surface area contributed by atoms with Crippen LogP contribution in [0.4, 0.5) is 16.0 Å². The molecule has 0 spiro atoms. The summed E-state index contributed by atoms with van der Waals surface area (Å²) in [6, 6.07) is 10.6. The number of aromatic nitrogens is 4. The summed E-state index contributed by atoms with van der Waals surface area (Å²) in [6.07, 6.45) is 4.43. The van der Waals surface area contributed by atoms with Crippen molar-refractivity contribution in [1.82, 2.24) is 19.4 Å². The molecule has 0 radical (unpaired) electrons. The minimum absolute atomic E-state index is 0.243. The zero-order valence-corrected chi connectivity index (χ0v) is 17.4. The highest BCUT2D eigenvalue weighted by atomic mass is 79.9. The fraction of sp³-hybridized carbons (Fsp3) is 0.190. The van der Waals surface area contributed by atoms with Gasteiger partial charge in [-0.2, -0.15) is 0 Å². The van der Waals surface area contributed by atoms with Crippen molar-refractivity contribution in [2.24, 2.45) is 0 Å². The van der Waals surface area contributed by atoms with Crippen LogP contribution in [0.5, 0.6) is 0 Å². The quantitative estimate of drug-likeness (QED) is 0.430. The third-order valence-electron chi connectivity index (χ3n) is 4.72. The number of anilines is 2. The van der Waals surface area contributed by atoms with E-state index in [0.717, 1.165) is 50.8 Å². The van der Waals surface area contributed by atoms with Crippen LogP contribution in [0.1, 0.15) is 18.2 Å². The van der Waals surface area contributed by atoms with Gasteiger partial charge >= 0.3 is 0 Å². The molecule has 0 amide bonds. The Bertz CT molecular complexity index is 1170. The molecule has 0 atom stereocenters. The van der Waals surface area contributed by atoms with Crippen LogP contribution in [-0.2, 0) is 6.42 Å². The topological polar surface area (TPSA) is 46.3 Å². The van der Waals surface area contributed by atoms with Crippen LogP contribution < -0.4 is 4.90 Å². The van der Waals surface area contributed by atoms with E-state index >= 15 is 0 Å². The number of halogens is 2. The summed E-state index contributed by atoms with van der Waals surface area (Å²) < 4.78 is 16.2. The van der Waals surface area contributed by atoms with E-state index in [-0.39, 0.29) is 5.82 Å². The SMILES string of the molecule is CCc1nc2cnc(Br)cn2c1N(C)c1cccc(-c2ccc(F)cc2C)n1. The maximum absolute atomic E-state index is 13.5. The number of benzene rings is 1. The summed E-state index contributed by atoms with van der Waals surface area (Å²) >= 11 is 3.43. The van der Waals surface area contributed by atoms with Crippen molar-refractivity contribution >= 4 is 33.2 Å². The van der Waals surface area contributed by atoms with Gasteiger partial charge in [0.05, 0.1) is 17.6 Å². The molecule has 142 valence electrons. The maximum Gasteiger partial charge on any atom is 0.157 e. The third kappa shape index (κ3) is 3.26. The molecular weight excluding hydrogens is 421 g/mol. The van der Waals surface area contributed by atoms with Gasteiger partial charge in [-0.3, -0.25) is 4.40 Å². The molecule has 3 aromatic heterocycles. The molecule has 0 fully saturated rings. The number of hydrogen-bond acceptors (Lipinski definition) is 4. The van der Waals surface area contributed by atoms with Crippen molar-refractivity contribution in [3.05, 3.63) is 70.5 Å². The second-order valence-corrected chi connectivity index (χ2v) is 7.39. The number of hydrogen-bond donors (Lipinski definition) is 0. The molecule has 0 saturated heterocycles. The molecule has 4 aromatic rings. The van der Waals surface area contributed by atoms with Gasteiger partial charge < -0.3 is 4.90 Å². The Morgan fingerprint density at radius 3 is 2.75 bits per heavy atom. The Morgan fingerprint density at radius 2 is 2.00 bits per heavy atom. The summed E-state index contributed by atoms with van der Waals surface area (Å²) in [5.74, 6) is 1.48. The first-order valence-electron chi connectivity index (χ1n) is 8.97. The monoisotopic (exact) mass is 439 g/mol. The van der Waals surface area contributed by atoms with E-state index < -0.39 is 0 Å². The van der Waals surface area contributed by atoms with E-state index in [1.807, 2.05) is 47.7 Å². The zero-order chi connectivity index (χ0) is 19.8. The average molecular weight is 440 g/mol. The van der Waals surface area contributed by atoms with Gasteiger partial charge in [-0.25, -0.2) is 19.3 Å². The third-order valence-corrected chi connectivity index (χ3v) is 5.13. The van der Waals surface area contributed by atoms with Crippen molar-refractivity contribution in [3.63, 3.8) is 0 Å². The maximum atomic E-state index is 13.5. The van der Waals surface area contributed by atoms with Gasteiger partial charge in [0, 0.05) is 18.8 Å². The minimum atomic E-state index is -0.243. The molecule has 0 N–H and O–H groups in total. The first-order valence-corrected chi connectivity index (χ1v) is 9.77. The van der Waals surface area contributed by atoms with Gasteiger partial charge in [0.2, 0.25) is 0 Å². The first kappa shape index (κ1) is 18.6. The Hall–Kier alpha value is -2.80. The van der Waals surface area contributed by atoms with Gasteiger partial charge in [-0.05, 0) is 65.2 Å². The molecule has 0 aliphatic carbocycles. The van der Waals surface area contributed by atoms with Crippen molar-refractivity contribution in [3.8, 4) is 11.3 Å².